The predicted molar refractivity (Wildman–Crippen MR) is 63.0 cm³/mol. The summed E-state index contributed by atoms with van der Waals surface area (Å²) in [6.45, 7) is 3.70. The standard InChI is InChI=1S/C12H17NO5/c1-12(2,11(15)17-4)13-7-8-5-6-9(18-8)10(14)16-3/h5-6,13H,7H2,1-4H3. The van der Waals surface area contributed by atoms with Crippen molar-refractivity contribution in [2.24, 2.45) is 0 Å². The van der Waals surface area contributed by atoms with Crippen LogP contribution in [0, 0.1) is 0 Å². The van der Waals surface area contributed by atoms with Crippen molar-refractivity contribution in [3.8, 4) is 0 Å². The number of ether oxygens (including phenoxy) is 2. The fourth-order valence-electron chi connectivity index (χ4n) is 1.32. The van der Waals surface area contributed by atoms with Crippen LogP contribution in [-0.4, -0.2) is 31.7 Å². The molecule has 0 unspecified atom stereocenters. The second-order valence-electron chi connectivity index (χ2n) is 4.23. The van der Waals surface area contributed by atoms with Crippen LogP contribution < -0.4 is 5.32 Å². The van der Waals surface area contributed by atoms with Crippen molar-refractivity contribution < 1.29 is 23.5 Å². The summed E-state index contributed by atoms with van der Waals surface area (Å²) in [4.78, 5) is 22.6. The molecule has 0 aromatic carbocycles. The normalized spacial score (nSPS) is 11.1. The lowest BCUT2D eigenvalue weighted by Gasteiger charge is -2.22. The molecule has 0 fully saturated rings. The lowest BCUT2D eigenvalue weighted by atomic mass is 10.1. The van der Waals surface area contributed by atoms with Gasteiger partial charge in [-0.3, -0.25) is 10.1 Å². The molecular formula is C12H17NO5. The summed E-state index contributed by atoms with van der Waals surface area (Å²) < 4.78 is 14.4. The number of hydrogen-bond donors (Lipinski definition) is 1. The number of rotatable bonds is 5. The molecule has 0 aliphatic carbocycles. The van der Waals surface area contributed by atoms with Gasteiger partial charge < -0.3 is 13.9 Å². The highest BCUT2D eigenvalue weighted by molar-refractivity contribution is 5.86. The number of nitrogens with one attached hydrogen (secondary N) is 1. The molecule has 0 atom stereocenters. The number of methoxy groups -OCH3 is 2. The molecule has 0 spiro atoms. The Bertz CT molecular complexity index is 435. The maximum atomic E-state index is 11.4. The molecule has 0 radical (unpaired) electrons. The molecule has 1 N–H and O–H groups in total. The second kappa shape index (κ2) is 5.68. The quantitative estimate of drug-likeness (QED) is 0.794. The van der Waals surface area contributed by atoms with Crippen molar-refractivity contribution in [2.45, 2.75) is 25.9 Å². The highest BCUT2D eigenvalue weighted by Gasteiger charge is 2.28. The Morgan fingerprint density at radius 3 is 2.50 bits per heavy atom. The number of carbonyl (C=O) groups excluding carboxylic acids is 2. The molecule has 1 rings (SSSR count). The van der Waals surface area contributed by atoms with Gasteiger partial charge in [-0.25, -0.2) is 4.79 Å². The van der Waals surface area contributed by atoms with Crippen LogP contribution in [0.4, 0.5) is 0 Å². The fourth-order valence-corrected chi connectivity index (χ4v) is 1.32. The number of furan rings is 1. The summed E-state index contributed by atoms with van der Waals surface area (Å²) in [5, 5.41) is 2.98. The van der Waals surface area contributed by atoms with Crippen molar-refractivity contribution in [1.29, 1.82) is 0 Å². The summed E-state index contributed by atoms with van der Waals surface area (Å²) in [6, 6.07) is 3.17. The first kappa shape index (κ1) is 14.2. The Kier molecular flexibility index (Phi) is 4.49. The molecule has 6 nitrogen and oxygen atoms in total. The predicted octanol–water partition coefficient (Wildman–Crippen LogP) is 1.11. The SMILES string of the molecule is COC(=O)c1ccc(CNC(C)(C)C(=O)OC)o1. The smallest absolute Gasteiger partial charge is 0.373 e. The van der Waals surface area contributed by atoms with Gasteiger partial charge in [0.1, 0.15) is 11.3 Å². The monoisotopic (exact) mass is 255 g/mol. The molecular weight excluding hydrogens is 238 g/mol. The molecule has 0 aliphatic heterocycles. The van der Waals surface area contributed by atoms with Gasteiger partial charge in [0.25, 0.3) is 0 Å². The summed E-state index contributed by atoms with van der Waals surface area (Å²) >= 11 is 0. The molecule has 0 saturated heterocycles. The van der Waals surface area contributed by atoms with Gasteiger partial charge in [0.15, 0.2) is 0 Å². The van der Waals surface area contributed by atoms with E-state index in [0.717, 1.165) is 0 Å². The van der Waals surface area contributed by atoms with Crippen molar-refractivity contribution in [3.05, 3.63) is 23.7 Å². The molecule has 1 aromatic heterocycles. The van der Waals surface area contributed by atoms with E-state index in [4.69, 9.17) is 4.42 Å². The van der Waals surface area contributed by atoms with Crippen LogP contribution >= 0.6 is 0 Å². The third-order valence-electron chi connectivity index (χ3n) is 2.45. The molecule has 0 bridgehead atoms. The molecule has 0 aliphatic rings. The van der Waals surface area contributed by atoms with Gasteiger partial charge in [0.2, 0.25) is 5.76 Å². The van der Waals surface area contributed by atoms with E-state index in [9.17, 15) is 9.59 Å². The van der Waals surface area contributed by atoms with Crippen LogP contribution in [0.1, 0.15) is 30.2 Å². The minimum Gasteiger partial charge on any atom is -0.468 e. The van der Waals surface area contributed by atoms with Gasteiger partial charge in [0, 0.05) is 0 Å². The van der Waals surface area contributed by atoms with Crippen LogP contribution in [0.3, 0.4) is 0 Å². The van der Waals surface area contributed by atoms with Crippen molar-refractivity contribution in [1.82, 2.24) is 5.32 Å². The first-order valence-corrected chi connectivity index (χ1v) is 5.41. The maximum absolute atomic E-state index is 11.4. The molecule has 0 saturated carbocycles. The average molecular weight is 255 g/mol. The van der Waals surface area contributed by atoms with Gasteiger partial charge in [-0.2, -0.15) is 0 Å². The van der Waals surface area contributed by atoms with Gasteiger partial charge in [0.05, 0.1) is 20.8 Å². The Hall–Kier alpha value is -1.82. The average Bonchev–Trinajstić information content (AvgIpc) is 2.83. The minimum atomic E-state index is -0.826. The van der Waals surface area contributed by atoms with Crippen LogP contribution in [0.2, 0.25) is 0 Å². The van der Waals surface area contributed by atoms with Crippen molar-refractivity contribution in [2.75, 3.05) is 14.2 Å². The maximum Gasteiger partial charge on any atom is 0.373 e. The van der Waals surface area contributed by atoms with E-state index in [-0.39, 0.29) is 11.7 Å². The molecule has 6 heteroatoms. The third kappa shape index (κ3) is 3.33. The van der Waals surface area contributed by atoms with E-state index in [1.807, 2.05) is 0 Å². The highest BCUT2D eigenvalue weighted by atomic mass is 16.5. The Labute approximate surface area is 105 Å². The lowest BCUT2D eigenvalue weighted by molar-refractivity contribution is -0.147. The van der Waals surface area contributed by atoms with E-state index in [1.54, 1.807) is 19.9 Å². The van der Waals surface area contributed by atoms with E-state index in [1.165, 1.54) is 20.3 Å². The van der Waals surface area contributed by atoms with Crippen molar-refractivity contribution in [3.63, 3.8) is 0 Å². The highest BCUT2D eigenvalue weighted by Crippen LogP contribution is 2.11. The molecule has 18 heavy (non-hydrogen) atoms. The van der Waals surface area contributed by atoms with E-state index >= 15 is 0 Å². The fraction of sp³-hybridized carbons (Fsp3) is 0.500. The molecule has 1 aromatic rings. The van der Waals surface area contributed by atoms with Crippen LogP contribution in [0.15, 0.2) is 16.5 Å². The van der Waals surface area contributed by atoms with Gasteiger partial charge in [-0.1, -0.05) is 0 Å². The Morgan fingerprint density at radius 2 is 1.94 bits per heavy atom. The molecule has 1 heterocycles. The zero-order valence-electron chi connectivity index (χ0n) is 10.9. The van der Waals surface area contributed by atoms with Crippen molar-refractivity contribution >= 4 is 11.9 Å². The van der Waals surface area contributed by atoms with Gasteiger partial charge in [-0.05, 0) is 26.0 Å². The zero-order valence-corrected chi connectivity index (χ0v) is 10.9. The second-order valence-corrected chi connectivity index (χ2v) is 4.23. The van der Waals surface area contributed by atoms with E-state index in [0.29, 0.717) is 12.3 Å². The topological polar surface area (TPSA) is 77.8 Å². The third-order valence-corrected chi connectivity index (χ3v) is 2.45. The largest absolute Gasteiger partial charge is 0.468 e. The Morgan fingerprint density at radius 1 is 1.28 bits per heavy atom. The summed E-state index contributed by atoms with van der Waals surface area (Å²) in [7, 11) is 2.61. The number of hydrogen-bond acceptors (Lipinski definition) is 6. The summed E-state index contributed by atoms with van der Waals surface area (Å²) in [5.74, 6) is -0.242. The van der Waals surface area contributed by atoms with E-state index in [2.05, 4.69) is 14.8 Å². The lowest BCUT2D eigenvalue weighted by Crippen LogP contribution is -2.46. The molecule has 100 valence electrons. The number of carbonyl (C=O) groups is 2. The number of esters is 2. The van der Waals surface area contributed by atoms with Gasteiger partial charge in [-0.15, -0.1) is 0 Å². The van der Waals surface area contributed by atoms with Gasteiger partial charge >= 0.3 is 11.9 Å². The zero-order chi connectivity index (χ0) is 13.8. The van der Waals surface area contributed by atoms with Crippen LogP contribution in [-0.2, 0) is 20.8 Å². The van der Waals surface area contributed by atoms with Crippen LogP contribution in [0.25, 0.3) is 0 Å². The Balaban J connectivity index is 2.61. The molecule has 0 amide bonds. The van der Waals surface area contributed by atoms with Crippen LogP contribution in [0.5, 0.6) is 0 Å². The first-order chi connectivity index (χ1) is 8.40. The van der Waals surface area contributed by atoms with E-state index < -0.39 is 11.5 Å². The minimum absolute atomic E-state index is 0.130. The summed E-state index contributed by atoms with van der Waals surface area (Å²) in [6.07, 6.45) is 0. The summed E-state index contributed by atoms with van der Waals surface area (Å²) in [5.41, 5.74) is -0.826. The first-order valence-electron chi connectivity index (χ1n) is 5.41.